The van der Waals surface area contributed by atoms with Gasteiger partial charge < -0.3 is 19.9 Å². The Morgan fingerprint density at radius 1 is 1.03 bits per heavy atom. The molecule has 2 rings (SSSR count). The Kier molecular flexibility index (Phi) is 9.93. The van der Waals surface area contributed by atoms with Gasteiger partial charge >= 0.3 is 5.97 Å². The summed E-state index contributed by atoms with van der Waals surface area (Å²) in [5.41, 5.74) is 8.94. The summed E-state index contributed by atoms with van der Waals surface area (Å²) in [5.74, 6) is 0.456. The molecule has 7 nitrogen and oxygen atoms in total. The SMILES string of the molecule is CCC(NCCOc1ccc(CC(N)=O)cc1OC)OC(=O)C(C)(C)Cc1ccc(C)c(C)c1. The Morgan fingerprint density at radius 2 is 1.74 bits per heavy atom. The van der Waals surface area contributed by atoms with Crippen LogP contribution in [0.15, 0.2) is 36.4 Å². The van der Waals surface area contributed by atoms with Crippen LogP contribution >= 0.6 is 0 Å². The number of methoxy groups -OCH3 is 1. The molecular weight excluding hydrogens is 432 g/mol. The molecule has 0 aliphatic rings. The maximum absolute atomic E-state index is 12.9. The van der Waals surface area contributed by atoms with Crippen LogP contribution in [0.1, 0.15) is 49.4 Å². The number of rotatable bonds is 13. The second kappa shape index (κ2) is 12.4. The monoisotopic (exact) mass is 470 g/mol. The fourth-order valence-corrected chi connectivity index (χ4v) is 3.58. The lowest BCUT2D eigenvalue weighted by Gasteiger charge is -2.27. The molecule has 3 N–H and O–H groups in total. The van der Waals surface area contributed by atoms with E-state index < -0.39 is 17.6 Å². The zero-order valence-electron chi connectivity index (χ0n) is 21.2. The van der Waals surface area contributed by atoms with Crippen molar-refractivity contribution in [3.8, 4) is 11.5 Å². The van der Waals surface area contributed by atoms with Gasteiger partial charge in [0, 0.05) is 6.54 Å². The molecule has 186 valence electrons. The topological polar surface area (TPSA) is 99.9 Å². The molecule has 0 fully saturated rings. The number of amides is 1. The summed E-state index contributed by atoms with van der Waals surface area (Å²) in [6.07, 6.45) is 0.978. The van der Waals surface area contributed by atoms with Crippen LogP contribution in [0.2, 0.25) is 0 Å². The minimum Gasteiger partial charge on any atom is -0.493 e. The minimum atomic E-state index is -0.646. The van der Waals surface area contributed by atoms with Crippen LogP contribution in [-0.4, -0.2) is 38.4 Å². The smallest absolute Gasteiger partial charge is 0.313 e. The lowest BCUT2D eigenvalue weighted by molar-refractivity contribution is -0.161. The van der Waals surface area contributed by atoms with Crippen LogP contribution in [0.4, 0.5) is 0 Å². The molecule has 2 aromatic carbocycles. The van der Waals surface area contributed by atoms with Crippen molar-refractivity contribution in [3.63, 3.8) is 0 Å². The first-order valence-corrected chi connectivity index (χ1v) is 11.6. The molecule has 0 saturated heterocycles. The number of carbonyl (C=O) groups is 2. The summed E-state index contributed by atoms with van der Waals surface area (Å²) in [6.45, 7) is 10.8. The predicted octanol–water partition coefficient (Wildman–Crippen LogP) is 3.86. The third kappa shape index (κ3) is 8.06. The number of nitrogens with one attached hydrogen (secondary N) is 1. The van der Waals surface area contributed by atoms with E-state index in [1.807, 2.05) is 20.8 Å². The minimum absolute atomic E-state index is 0.140. The van der Waals surface area contributed by atoms with Crippen molar-refractivity contribution >= 4 is 11.9 Å². The quantitative estimate of drug-likeness (QED) is 0.262. The molecule has 0 heterocycles. The van der Waals surface area contributed by atoms with Gasteiger partial charge in [0.1, 0.15) is 6.61 Å². The second-order valence-electron chi connectivity index (χ2n) is 9.21. The predicted molar refractivity (Wildman–Crippen MR) is 133 cm³/mol. The van der Waals surface area contributed by atoms with E-state index in [-0.39, 0.29) is 12.4 Å². The highest BCUT2D eigenvalue weighted by Crippen LogP contribution is 2.28. The number of ether oxygens (including phenoxy) is 3. The van der Waals surface area contributed by atoms with E-state index in [0.29, 0.717) is 37.5 Å². The molecule has 1 amide bonds. The van der Waals surface area contributed by atoms with Crippen LogP contribution in [0, 0.1) is 19.3 Å². The van der Waals surface area contributed by atoms with Gasteiger partial charge in [-0.1, -0.05) is 31.2 Å². The van der Waals surface area contributed by atoms with Crippen LogP contribution in [-0.2, 0) is 27.2 Å². The van der Waals surface area contributed by atoms with E-state index in [2.05, 4.69) is 37.4 Å². The van der Waals surface area contributed by atoms with Crippen molar-refractivity contribution < 1.29 is 23.8 Å². The van der Waals surface area contributed by atoms with Crippen molar-refractivity contribution in [1.82, 2.24) is 5.32 Å². The Labute approximate surface area is 203 Å². The normalized spacial score (nSPS) is 12.2. The van der Waals surface area contributed by atoms with Crippen LogP contribution in [0.5, 0.6) is 11.5 Å². The van der Waals surface area contributed by atoms with Crippen molar-refractivity contribution in [2.24, 2.45) is 11.1 Å². The average Bonchev–Trinajstić information content (AvgIpc) is 2.78. The number of nitrogens with two attached hydrogens (primary N) is 1. The van der Waals surface area contributed by atoms with Crippen molar-refractivity contribution in [2.75, 3.05) is 20.3 Å². The van der Waals surface area contributed by atoms with E-state index in [1.165, 1.54) is 11.1 Å². The number of primary amides is 1. The summed E-state index contributed by atoms with van der Waals surface area (Å²) >= 11 is 0. The van der Waals surface area contributed by atoms with E-state index >= 15 is 0 Å². The summed E-state index contributed by atoms with van der Waals surface area (Å²) in [4.78, 5) is 24.0. The summed E-state index contributed by atoms with van der Waals surface area (Å²) < 4.78 is 16.9. The molecule has 0 saturated carbocycles. The molecule has 7 heteroatoms. The van der Waals surface area contributed by atoms with Gasteiger partial charge in [-0.25, -0.2) is 0 Å². The van der Waals surface area contributed by atoms with Gasteiger partial charge in [-0.15, -0.1) is 0 Å². The maximum atomic E-state index is 12.9. The number of esters is 1. The van der Waals surface area contributed by atoms with Crippen LogP contribution < -0.4 is 20.5 Å². The number of benzene rings is 2. The van der Waals surface area contributed by atoms with Crippen LogP contribution in [0.25, 0.3) is 0 Å². The largest absolute Gasteiger partial charge is 0.493 e. The van der Waals surface area contributed by atoms with E-state index in [1.54, 1.807) is 25.3 Å². The molecule has 0 spiro atoms. The molecule has 0 bridgehead atoms. The lowest BCUT2D eigenvalue weighted by Crippen LogP contribution is -2.40. The zero-order chi connectivity index (χ0) is 25.3. The molecule has 0 aliphatic heterocycles. The van der Waals surface area contributed by atoms with E-state index in [4.69, 9.17) is 19.9 Å². The molecule has 0 aliphatic carbocycles. The first-order chi connectivity index (χ1) is 16.1. The van der Waals surface area contributed by atoms with Crippen molar-refractivity contribution in [1.29, 1.82) is 0 Å². The third-order valence-corrected chi connectivity index (χ3v) is 5.73. The molecule has 2 aromatic rings. The highest BCUT2D eigenvalue weighted by atomic mass is 16.6. The fourth-order valence-electron chi connectivity index (χ4n) is 3.58. The number of hydrogen-bond donors (Lipinski definition) is 2. The van der Waals surface area contributed by atoms with E-state index in [0.717, 1.165) is 11.1 Å². The average molecular weight is 471 g/mol. The van der Waals surface area contributed by atoms with Crippen LogP contribution in [0.3, 0.4) is 0 Å². The lowest BCUT2D eigenvalue weighted by atomic mass is 9.85. The molecule has 34 heavy (non-hydrogen) atoms. The molecule has 0 radical (unpaired) electrons. The van der Waals surface area contributed by atoms with Crippen molar-refractivity contribution in [3.05, 3.63) is 58.7 Å². The second-order valence-corrected chi connectivity index (χ2v) is 9.21. The first-order valence-electron chi connectivity index (χ1n) is 11.6. The maximum Gasteiger partial charge on any atom is 0.313 e. The van der Waals surface area contributed by atoms with Gasteiger partial charge in [-0.3, -0.25) is 14.9 Å². The van der Waals surface area contributed by atoms with E-state index in [9.17, 15) is 9.59 Å². The van der Waals surface area contributed by atoms with Gasteiger partial charge in [0.05, 0.1) is 18.9 Å². The third-order valence-electron chi connectivity index (χ3n) is 5.73. The number of aryl methyl sites for hydroxylation is 2. The molecule has 0 aromatic heterocycles. The fraction of sp³-hybridized carbons (Fsp3) is 0.481. The Morgan fingerprint density at radius 3 is 2.35 bits per heavy atom. The summed E-state index contributed by atoms with van der Waals surface area (Å²) in [6, 6.07) is 11.6. The van der Waals surface area contributed by atoms with Crippen molar-refractivity contribution in [2.45, 2.75) is 60.1 Å². The van der Waals surface area contributed by atoms with Gasteiger partial charge in [-0.05, 0) is 74.9 Å². The van der Waals surface area contributed by atoms with Gasteiger partial charge in [0.25, 0.3) is 0 Å². The Hall–Kier alpha value is -3.06. The van der Waals surface area contributed by atoms with Gasteiger partial charge in [-0.2, -0.15) is 0 Å². The molecule has 1 atom stereocenters. The highest BCUT2D eigenvalue weighted by Gasteiger charge is 2.31. The zero-order valence-corrected chi connectivity index (χ0v) is 21.2. The number of hydrogen-bond acceptors (Lipinski definition) is 6. The summed E-state index contributed by atoms with van der Waals surface area (Å²) in [7, 11) is 1.54. The highest BCUT2D eigenvalue weighted by molar-refractivity contribution is 5.77. The Balaban J connectivity index is 1.86. The Bertz CT molecular complexity index is 987. The van der Waals surface area contributed by atoms with Gasteiger partial charge in [0.15, 0.2) is 17.7 Å². The number of carbonyl (C=O) groups excluding carboxylic acids is 2. The molecule has 1 unspecified atom stereocenters. The van der Waals surface area contributed by atoms with Gasteiger partial charge in [0.2, 0.25) is 5.91 Å². The first kappa shape index (κ1) is 27.2. The molecular formula is C27H38N2O5. The summed E-state index contributed by atoms with van der Waals surface area (Å²) in [5, 5.41) is 3.23. The standard InChI is InChI=1S/C27H38N2O5/c1-7-25(34-26(31)27(4,5)17-21-9-8-18(2)19(3)14-21)29-12-13-33-22-11-10-20(16-24(28)30)15-23(22)32-6/h8-11,14-15,25,29H,7,12-13,16-17H2,1-6H3,(H2,28,30).